The van der Waals surface area contributed by atoms with Crippen molar-refractivity contribution in [2.24, 2.45) is 17.8 Å². The molecule has 5 aliphatic rings. The maximum atomic E-state index is 13.5. The van der Waals surface area contributed by atoms with Crippen molar-refractivity contribution in [2.45, 2.75) is 79.3 Å². The van der Waals surface area contributed by atoms with E-state index < -0.39 is 18.6 Å². The number of carbonyl (C=O) groups is 2. The molecule has 216 valence electrons. The summed E-state index contributed by atoms with van der Waals surface area (Å²) in [6.45, 7) is 4.85. The zero-order valence-corrected chi connectivity index (χ0v) is 23.4. The molecule has 0 bridgehead atoms. The Morgan fingerprint density at radius 2 is 1.92 bits per heavy atom. The predicted octanol–water partition coefficient (Wildman–Crippen LogP) is -0.352. The lowest BCUT2D eigenvalue weighted by molar-refractivity contribution is -0.134. The van der Waals surface area contributed by atoms with Gasteiger partial charge in [0.25, 0.3) is 6.43 Å². The molecule has 5 aliphatic heterocycles. The van der Waals surface area contributed by atoms with Crippen LogP contribution in [0.2, 0.25) is 0 Å². The second-order valence-corrected chi connectivity index (χ2v) is 13.1. The number of ether oxygens (including phenoxy) is 1. The van der Waals surface area contributed by atoms with Crippen LogP contribution in [0.5, 0.6) is 0 Å². The number of alkyl halides is 3. The predicted molar refractivity (Wildman–Crippen MR) is 142 cm³/mol. The van der Waals surface area contributed by atoms with Gasteiger partial charge in [0.1, 0.15) is 11.7 Å². The number of likely N-dealkylation sites (tertiary alicyclic amines) is 1. The van der Waals surface area contributed by atoms with Crippen LogP contribution in [0.15, 0.2) is 0 Å². The smallest absolute Gasteiger partial charge is 0.266 e. The molecule has 5 rings (SSSR count). The molecule has 0 aromatic carbocycles. The molecule has 10 nitrogen and oxygen atoms in total. The molecule has 0 saturated carbocycles. The van der Waals surface area contributed by atoms with Crippen LogP contribution < -0.4 is 31.9 Å². The number of hydrogen-bond donors (Lipinski definition) is 6. The first-order valence-electron chi connectivity index (χ1n) is 13.6. The van der Waals surface area contributed by atoms with Gasteiger partial charge in [0, 0.05) is 50.6 Å². The summed E-state index contributed by atoms with van der Waals surface area (Å²) >= 11 is 8.07. The van der Waals surface area contributed by atoms with E-state index in [0.29, 0.717) is 45.2 Å². The standard InChI is InChI=1S/C24H40ClF2N7O3S/c1-11-5-12(13-6-19(25)30-8-17(13)37-2)14(7-29-11)22(35)33-24-32-16-9-34(10-18(16)38-24)23(36)15-3-4-28-21(31-15)20(26)27/h11-21,24,28-32H,3-10H2,1-2H3,(H,33,35). The Morgan fingerprint density at radius 1 is 1.11 bits per heavy atom. The summed E-state index contributed by atoms with van der Waals surface area (Å²) in [4.78, 5) is 28.3. The maximum Gasteiger partial charge on any atom is 0.266 e. The normalized spacial score (nSPS) is 43.7. The number of nitrogens with one attached hydrogen (secondary N) is 6. The molecule has 0 aromatic heterocycles. The van der Waals surface area contributed by atoms with Gasteiger partial charge in [-0.15, -0.1) is 23.4 Å². The lowest BCUT2D eigenvalue weighted by Gasteiger charge is -2.45. The summed E-state index contributed by atoms with van der Waals surface area (Å²) in [6.07, 6.45) is -1.59. The van der Waals surface area contributed by atoms with Gasteiger partial charge in [-0.25, -0.2) is 8.78 Å². The minimum Gasteiger partial charge on any atom is -0.380 e. The lowest BCUT2D eigenvalue weighted by Crippen LogP contribution is -2.61. The van der Waals surface area contributed by atoms with Gasteiger partial charge >= 0.3 is 0 Å². The molecule has 14 heteroatoms. The number of halogens is 3. The fraction of sp³-hybridized carbons (Fsp3) is 0.917. The first-order valence-corrected chi connectivity index (χ1v) is 15.0. The summed E-state index contributed by atoms with van der Waals surface area (Å²) in [7, 11) is 1.72. The van der Waals surface area contributed by atoms with E-state index >= 15 is 0 Å². The van der Waals surface area contributed by atoms with E-state index in [1.807, 2.05) is 0 Å². The van der Waals surface area contributed by atoms with E-state index in [4.69, 9.17) is 16.3 Å². The Bertz CT molecular complexity index is 852. The van der Waals surface area contributed by atoms with Crippen molar-refractivity contribution in [3.63, 3.8) is 0 Å². The van der Waals surface area contributed by atoms with Crippen molar-refractivity contribution in [1.29, 1.82) is 0 Å². The number of rotatable bonds is 6. The third kappa shape index (κ3) is 6.24. The Morgan fingerprint density at radius 3 is 2.66 bits per heavy atom. The quantitative estimate of drug-likeness (QED) is 0.185. The molecule has 2 amide bonds. The van der Waals surface area contributed by atoms with Gasteiger partial charge in [-0.05, 0) is 44.6 Å². The van der Waals surface area contributed by atoms with E-state index in [2.05, 4.69) is 38.8 Å². The van der Waals surface area contributed by atoms with Crippen LogP contribution in [0.25, 0.3) is 0 Å². The van der Waals surface area contributed by atoms with Gasteiger partial charge < -0.3 is 20.3 Å². The zero-order valence-electron chi connectivity index (χ0n) is 21.8. The number of nitrogens with zero attached hydrogens (tertiary/aromatic N) is 1. The van der Waals surface area contributed by atoms with Gasteiger partial charge in [0.05, 0.1) is 23.6 Å². The van der Waals surface area contributed by atoms with Crippen molar-refractivity contribution >= 4 is 35.2 Å². The lowest BCUT2D eigenvalue weighted by atomic mass is 9.70. The Labute approximate surface area is 231 Å². The molecular weight excluding hydrogens is 540 g/mol. The Kier molecular flexibility index (Phi) is 9.35. The van der Waals surface area contributed by atoms with E-state index in [1.54, 1.807) is 23.8 Å². The Hall–Kier alpha value is -0.800. The molecule has 5 fully saturated rings. The number of fused-ring (bicyclic) bond motifs is 1. The first-order chi connectivity index (χ1) is 18.2. The molecule has 0 spiro atoms. The SMILES string of the molecule is COC1CNC(Cl)CC1C1CC(C)NCC1C(=O)NC1NC2CN(C(=O)C3CCNC(C(F)F)N3)CC2S1. The molecule has 38 heavy (non-hydrogen) atoms. The highest BCUT2D eigenvalue weighted by atomic mass is 35.5. The van der Waals surface area contributed by atoms with E-state index in [9.17, 15) is 18.4 Å². The van der Waals surface area contributed by atoms with Crippen LogP contribution >= 0.6 is 23.4 Å². The highest BCUT2D eigenvalue weighted by Gasteiger charge is 2.47. The highest BCUT2D eigenvalue weighted by molar-refractivity contribution is 8.00. The van der Waals surface area contributed by atoms with Gasteiger partial charge in [-0.3, -0.25) is 30.9 Å². The Balaban J connectivity index is 1.15. The summed E-state index contributed by atoms with van der Waals surface area (Å²) in [5, 5.41) is 19.0. The number of amides is 2. The number of hydrogen-bond acceptors (Lipinski definition) is 9. The first kappa shape index (κ1) is 28.7. The molecule has 0 radical (unpaired) electrons. The molecule has 0 aromatic rings. The van der Waals surface area contributed by atoms with Gasteiger partial charge in [0.15, 0.2) is 0 Å². The number of piperidine rings is 2. The van der Waals surface area contributed by atoms with Crippen LogP contribution in [-0.2, 0) is 14.3 Å². The second kappa shape index (κ2) is 12.4. The molecule has 5 saturated heterocycles. The number of carbonyl (C=O) groups excluding carboxylic acids is 2. The molecule has 5 heterocycles. The monoisotopic (exact) mass is 579 g/mol. The summed E-state index contributed by atoms with van der Waals surface area (Å²) in [5.74, 6) is 0.0508. The van der Waals surface area contributed by atoms with Crippen molar-refractivity contribution in [3.8, 4) is 0 Å². The third-order valence-corrected chi connectivity index (χ3v) is 10.5. The summed E-state index contributed by atoms with van der Waals surface area (Å²) in [6, 6.07) is -0.245. The van der Waals surface area contributed by atoms with Crippen LogP contribution in [0.1, 0.15) is 26.2 Å². The number of methoxy groups -OCH3 is 1. The molecular formula is C24H40ClF2N7O3S. The highest BCUT2D eigenvalue weighted by Crippen LogP contribution is 2.38. The largest absolute Gasteiger partial charge is 0.380 e. The van der Waals surface area contributed by atoms with Gasteiger partial charge in [-0.1, -0.05) is 0 Å². The van der Waals surface area contributed by atoms with Crippen LogP contribution in [0.4, 0.5) is 8.78 Å². The average Bonchev–Trinajstić information content (AvgIpc) is 3.47. The van der Waals surface area contributed by atoms with Crippen LogP contribution in [0, 0.1) is 17.8 Å². The average molecular weight is 580 g/mol. The molecule has 11 unspecified atom stereocenters. The maximum absolute atomic E-state index is 13.5. The molecule has 11 atom stereocenters. The zero-order chi connectivity index (χ0) is 27.0. The van der Waals surface area contributed by atoms with E-state index in [1.165, 1.54) is 0 Å². The summed E-state index contributed by atoms with van der Waals surface area (Å²) in [5.41, 5.74) is -0.360. The van der Waals surface area contributed by atoms with Crippen LogP contribution in [-0.4, -0.2) is 110 Å². The van der Waals surface area contributed by atoms with Crippen molar-refractivity contribution in [3.05, 3.63) is 0 Å². The fourth-order valence-electron chi connectivity index (χ4n) is 6.77. The van der Waals surface area contributed by atoms with Gasteiger partial charge in [-0.2, -0.15) is 0 Å². The molecule has 6 N–H and O–H groups in total. The topological polar surface area (TPSA) is 119 Å². The molecule has 0 aliphatic carbocycles. The van der Waals surface area contributed by atoms with E-state index in [0.717, 1.165) is 12.8 Å². The minimum atomic E-state index is -2.57. The summed E-state index contributed by atoms with van der Waals surface area (Å²) < 4.78 is 32.0. The fourth-order valence-corrected chi connectivity index (χ4v) is 8.47. The van der Waals surface area contributed by atoms with Crippen molar-refractivity contribution in [1.82, 2.24) is 36.8 Å². The van der Waals surface area contributed by atoms with Crippen molar-refractivity contribution in [2.75, 3.05) is 39.8 Å². The van der Waals surface area contributed by atoms with Gasteiger partial charge in [0.2, 0.25) is 11.8 Å². The number of thioether (sulfide) groups is 1. The van der Waals surface area contributed by atoms with Crippen molar-refractivity contribution < 1.29 is 23.1 Å². The third-order valence-electron chi connectivity index (χ3n) is 8.77. The minimum absolute atomic E-state index is 0.0165. The van der Waals surface area contributed by atoms with Crippen LogP contribution in [0.3, 0.4) is 0 Å². The van der Waals surface area contributed by atoms with E-state index in [-0.39, 0.29) is 58.0 Å². The second-order valence-electron chi connectivity index (χ2n) is 11.2.